The Hall–Kier alpha value is -0.840. The van der Waals surface area contributed by atoms with Crippen LogP contribution < -0.4 is 0 Å². The number of hydrogen-bond donors (Lipinski definition) is 0. The van der Waals surface area contributed by atoms with Crippen LogP contribution >= 0.6 is 0 Å². The molecule has 0 spiro atoms. The summed E-state index contributed by atoms with van der Waals surface area (Å²) in [5, 5.41) is 8.36. The van der Waals surface area contributed by atoms with Crippen molar-refractivity contribution >= 4 is 6.21 Å². The Morgan fingerprint density at radius 3 is 2.25 bits per heavy atom. The largest absolute Gasteiger partial charge is 0.277 e. The van der Waals surface area contributed by atoms with E-state index in [4.69, 9.17) is 5.26 Å². The molecule has 0 unspecified atom stereocenters. The molecule has 2 nitrogen and oxygen atoms in total. The van der Waals surface area contributed by atoms with Crippen LogP contribution in [0.2, 0.25) is 0 Å². The molecule has 0 heterocycles. The van der Waals surface area contributed by atoms with Gasteiger partial charge in [0.2, 0.25) is 0 Å². The summed E-state index contributed by atoms with van der Waals surface area (Å²) in [6, 6.07) is 2.04. The molecule has 0 fully saturated rings. The Balaban J connectivity index is 3.97. The van der Waals surface area contributed by atoms with E-state index < -0.39 is 5.54 Å². The van der Waals surface area contributed by atoms with Crippen molar-refractivity contribution in [1.82, 2.24) is 0 Å². The van der Waals surface area contributed by atoms with Crippen molar-refractivity contribution in [2.24, 2.45) is 4.99 Å². The fourth-order valence-electron chi connectivity index (χ4n) is 0.352. The summed E-state index contributed by atoms with van der Waals surface area (Å²) in [4.78, 5) is 3.89. The van der Waals surface area contributed by atoms with Gasteiger partial charge in [0.1, 0.15) is 5.54 Å². The number of aliphatic imine (C=N–C) groups is 1. The van der Waals surface area contributed by atoms with Crippen molar-refractivity contribution in [3.8, 4) is 6.07 Å². The molecule has 0 aromatic heterocycles. The summed E-state index contributed by atoms with van der Waals surface area (Å²) in [5.41, 5.74) is -0.533. The van der Waals surface area contributed by atoms with E-state index in [1.807, 2.05) is 6.07 Å². The summed E-state index contributed by atoms with van der Waals surface area (Å²) < 4.78 is 0. The molecule has 0 rings (SSSR count). The highest BCUT2D eigenvalue weighted by molar-refractivity contribution is 5.54. The van der Waals surface area contributed by atoms with Gasteiger partial charge >= 0.3 is 0 Å². The molecule has 0 saturated heterocycles. The minimum atomic E-state index is -0.533. The van der Waals surface area contributed by atoms with E-state index in [1.165, 1.54) is 0 Å². The third kappa shape index (κ3) is 2.35. The predicted molar refractivity (Wildman–Crippen MR) is 33.9 cm³/mol. The first-order valence-electron chi connectivity index (χ1n) is 2.53. The zero-order valence-electron chi connectivity index (χ0n) is 5.47. The molecule has 0 aliphatic rings. The summed E-state index contributed by atoms with van der Waals surface area (Å²) in [7, 11) is 0. The third-order valence-electron chi connectivity index (χ3n) is 0.725. The highest BCUT2D eigenvalue weighted by Gasteiger charge is 2.10. The molecule has 0 saturated carbocycles. The van der Waals surface area contributed by atoms with Crippen LogP contribution in [0.3, 0.4) is 0 Å². The lowest BCUT2D eigenvalue weighted by Crippen LogP contribution is -2.11. The van der Waals surface area contributed by atoms with E-state index in [0.29, 0.717) is 0 Å². The molecular weight excluding hydrogens is 100 g/mol. The second-order valence-electron chi connectivity index (χ2n) is 2.06. The lowest BCUT2D eigenvalue weighted by Gasteiger charge is -2.05. The molecule has 0 atom stereocenters. The van der Waals surface area contributed by atoms with E-state index in [2.05, 4.69) is 4.99 Å². The van der Waals surface area contributed by atoms with Gasteiger partial charge in [0.25, 0.3) is 0 Å². The summed E-state index contributed by atoms with van der Waals surface area (Å²) in [5.74, 6) is 0. The SMILES string of the molecule is CC=NC(C)(C)C#N. The fourth-order valence-corrected chi connectivity index (χ4v) is 0.352. The third-order valence-corrected chi connectivity index (χ3v) is 0.725. The lowest BCUT2D eigenvalue weighted by atomic mass is 10.1. The first kappa shape index (κ1) is 7.16. The molecular formula is C6H10N2. The Bertz CT molecular complexity index is 128. The Labute approximate surface area is 49.9 Å². The normalized spacial score (nSPS) is 11.8. The van der Waals surface area contributed by atoms with Gasteiger partial charge in [0.05, 0.1) is 6.07 Å². The van der Waals surface area contributed by atoms with Crippen molar-refractivity contribution in [2.45, 2.75) is 26.3 Å². The number of rotatable bonds is 1. The first-order chi connectivity index (χ1) is 3.62. The van der Waals surface area contributed by atoms with Crippen molar-refractivity contribution in [2.75, 3.05) is 0 Å². The predicted octanol–water partition coefficient (Wildman–Crippen LogP) is 1.38. The second kappa shape index (κ2) is 2.46. The molecule has 0 aliphatic heterocycles. The molecule has 0 aromatic rings. The summed E-state index contributed by atoms with van der Waals surface area (Å²) in [6.45, 7) is 5.35. The van der Waals surface area contributed by atoms with Crippen molar-refractivity contribution in [3.05, 3.63) is 0 Å². The quantitative estimate of drug-likeness (QED) is 0.470. The molecule has 0 N–H and O–H groups in total. The molecule has 44 valence electrons. The molecule has 0 aliphatic carbocycles. The number of hydrogen-bond acceptors (Lipinski definition) is 2. The van der Waals surface area contributed by atoms with Gasteiger partial charge in [-0.15, -0.1) is 0 Å². The van der Waals surface area contributed by atoms with Crippen LogP contribution in [0.4, 0.5) is 0 Å². The minimum Gasteiger partial charge on any atom is -0.277 e. The zero-order valence-corrected chi connectivity index (χ0v) is 5.47. The van der Waals surface area contributed by atoms with E-state index in [9.17, 15) is 0 Å². The molecule has 8 heavy (non-hydrogen) atoms. The maximum atomic E-state index is 8.36. The van der Waals surface area contributed by atoms with Crippen LogP contribution in [0.5, 0.6) is 0 Å². The molecule has 0 amide bonds. The van der Waals surface area contributed by atoms with Crippen LogP contribution in [0, 0.1) is 11.3 Å². The topological polar surface area (TPSA) is 36.1 Å². The van der Waals surface area contributed by atoms with Gasteiger partial charge in [-0.1, -0.05) is 0 Å². The number of nitriles is 1. The van der Waals surface area contributed by atoms with Gasteiger partial charge in [-0.2, -0.15) is 5.26 Å². The van der Waals surface area contributed by atoms with Gasteiger partial charge in [-0.25, -0.2) is 0 Å². The lowest BCUT2D eigenvalue weighted by molar-refractivity contribution is 0.676. The van der Waals surface area contributed by atoms with Gasteiger partial charge < -0.3 is 0 Å². The average Bonchev–Trinajstić information content (AvgIpc) is 1.67. The van der Waals surface area contributed by atoms with Crippen LogP contribution in [-0.4, -0.2) is 11.8 Å². The van der Waals surface area contributed by atoms with Gasteiger partial charge in [-0.3, -0.25) is 4.99 Å². The minimum absolute atomic E-state index is 0.533. The summed E-state index contributed by atoms with van der Waals surface area (Å²) >= 11 is 0. The van der Waals surface area contributed by atoms with E-state index in [-0.39, 0.29) is 0 Å². The monoisotopic (exact) mass is 110 g/mol. The Morgan fingerprint density at radius 1 is 1.62 bits per heavy atom. The molecule has 0 bridgehead atoms. The second-order valence-corrected chi connectivity index (χ2v) is 2.06. The van der Waals surface area contributed by atoms with Gasteiger partial charge in [0.15, 0.2) is 0 Å². The smallest absolute Gasteiger partial charge is 0.140 e. The highest BCUT2D eigenvalue weighted by Crippen LogP contribution is 2.03. The zero-order chi connectivity index (χ0) is 6.62. The number of nitrogens with zero attached hydrogens (tertiary/aromatic N) is 2. The average molecular weight is 110 g/mol. The van der Waals surface area contributed by atoms with E-state index in [1.54, 1.807) is 27.0 Å². The first-order valence-corrected chi connectivity index (χ1v) is 2.53. The highest BCUT2D eigenvalue weighted by atomic mass is 14.8. The van der Waals surface area contributed by atoms with Gasteiger partial charge in [0, 0.05) is 0 Å². The van der Waals surface area contributed by atoms with Crippen molar-refractivity contribution < 1.29 is 0 Å². The van der Waals surface area contributed by atoms with Crippen molar-refractivity contribution in [3.63, 3.8) is 0 Å². The standard InChI is InChI=1S/C6H10N2/c1-4-8-6(2,3)5-7/h4H,1-3H3. The van der Waals surface area contributed by atoms with E-state index in [0.717, 1.165) is 0 Å². The van der Waals surface area contributed by atoms with Crippen LogP contribution in [0.15, 0.2) is 4.99 Å². The Kier molecular flexibility index (Phi) is 2.20. The van der Waals surface area contributed by atoms with Crippen LogP contribution in [0.1, 0.15) is 20.8 Å². The van der Waals surface area contributed by atoms with Crippen LogP contribution in [-0.2, 0) is 0 Å². The van der Waals surface area contributed by atoms with Crippen molar-refractivity contribution in [1.29, 1.82) is 5.26 Å². The molecule has 0 aromatic carbocycles. The summed E-state index contributed by atoms with van der Waals surface area (Å²) in [6.07, 6.45) is 1.64. The molecule has 2 heteroatoms. The fraction of sp³-hybridized carbons (Fsp3) is 0.667. The van der Waals surface area contributed by atoms with E-state index >= 15 is 0 Å². The maximum absolute atomic E-state index is 8.36. The maximum Gasteiger partial charge on any atom is 0.140 e. The molecule has 0 radical (unpaired) electrons. The van der Waals surface area contributed by atoms with Crippen LogP contribution in [0.25, 0.3) is 0 Å². The van der Waals surface area contributed by atoms with Gasteiger partial charge in [-0.05, 0) is 27.0 Å². The Morgan fingerprint density at radius 2 is 2.12 bits per heavy atom.